The van der Waals surface area contributed by atoms with Gasteiger partial charge in [0.2, 0.25) is 11.8 Å². The van der Waals surface area contributed by atoms with Crippen LogP contribution in [0, 0.1) is 11.8 Å². The van der Waals surface area contributed by atoms with Gasteiger partial charge in [0.1, 0.15) is 0 Å². The highest BCUT2D eigenvalue weighted by Crippen LogP contribution is 2.31. The Bertz CT molecular complexity index is 203. The topological polar surface area (TPSA) is 58.2 Å². The van der Waals surface area contributed by atoms with Gasteiger partial charge in [-0.3, -0.25) is 20.4 Å². The predicted octanol–water partition coefficient (Wildman–Crippen LogP) is -0.0462. The van der Waals surface area contributed by atoms with Crippen molar-refractivity contribution in [2.75, 3.05) is 0 Å². The largest absolute Gasteiger partial charge is 0.273 e. The number of rotatable bonds is 0. The van der Waals surface area contributed by atoms with Crippen molar-refractivity contribution in [3.05, 3.63) is 0 Å². The Labute approximate surface area is 70.7 Å². The van der Waals surface area contributed by atoms with Gasteiger partial charge in [0, 0.05) is 0 Å². The molecule has 2 atom stereocenters. The number of amides is 2. The Kier molecular flexibility index (Phi) is 1.75. The quantitative estimate of drug-likeness (QED) is 0.533. The highest BCUT2D eigenvalue weighted by molar-refractivity contribution is 5.92. The molecule has 1 aliphatic carbocycles. The van der Waals surface area contributed by atoms with Gasteiger partial charge in [0.15, 0.2) is 0 Å². The maximum absolute atomic E-state index is 11.2. The summed E-state index contributed by atoms with van der Waals surface area (Å²) in [5.74, 6) is -0.154. The molecule has 0 radical (unpaired) electrons. The molecule has 0 aromatic carbocycles. The fourth-order valence-corrected chi connectivity index (χ4v) is 2.07. The predicted molar refractivity (Wildman–Crippen MR) is 41.7 cm³/mol. The number of hydrogen-bond acceptors (Lipinski definition) is 2. The molecule has 2 rings (SSSR count). The van der Waals surface area contributed by atoms with Crippen LogP contribution < -0.4 is 10.9 Å². The van der Waals surface area contributed by atoms with Crippen molar-refractivity contribution in [2.24, 2.45) is 11.8 Å². The highest BCUT2D eigenvalue weighted by Gasteiger charge is 2.39. The van der Waals surface area contributed by atoms with E-state index in [1.54, 1.807) is 0 Å². The summed E-state index contributed by atoms with van der Waals surface area (Å²) in [6, 6.07) is 0. The molecule has 66 valence electrons. The molecule has 0 aromatic heterocycles. The van der Waals surface area contributed by atoms with Crippen molar-refractivity contribution in [3.63, 3.8) is 0 Å². The van der Waals surface area contributed by atoms with E-state index in [9.17, 15) is 9.59 Å². The number of hydrogen-bond donors (Lipinski definition) is 2. The molecule has 4 nitrogen and oxygen atoms in total. The molecule has 2 aliphatic rings. The molecule has 1 saturated carbocycles. The minimum absolute atomic E-state index is 0.0145. The zero-order chi connectivity index (χ0) is 8.55. The monoisotopic (exact) mass is 168 g/mol. The second kappa shape index (κ2) is 2.77. The minimum atomic E-state index is -0.0625. The number of carbonyl (C=O) groups excluding carboxylic acids is 2. The lowest BCUT2D eigenvalue weighted by Gasteiger charge is -2.33. The first-order valence-electron chi connectivity index (χ1n) is 4.39. The summed E-state index contributed by atoms with van der Waals surface area (Å²) >= 11 is 0. The Morgan fingerprint density at radius 3 is 1.75 bits per heavy atom. The molecule has 4 heteroatoms. The fourth-order valence-electron chi connectivity index (χ4n) is 2.07. The van der Waals surface area contributed by atoms with Crippen molar-refractivity contribution in [1.29, 1.82) is 0 Å². The molecule has 0 unspecified atom stereocenters. The van der Waals surface area contributed by atoms with Crippen LogP contribution in [0.5, 0.6) is 0 Å². The lowest BCUT2D eigenvalue weighted by molar-refractivity contribution is -0.144. The van der Waals surface area contributed by atoms with Crippen LogP contribution in [0.3, 0.4) is 0 Å². The molecule has 12 heavy (non-hydrogen) atoms. The Balaban J connectivity index is 2.16. The first kappa shape index (κ1) is 7.58. The van der Waals surface area contributed by atoms with Gasteiger partial charge in [-0.05, 0) is 12.8 Å². The summed E-state index contributed by atoms with van der Waals surface area (Å²) < 4.78 is 0. The van der Waals surface area contributed by atoms with Gasteiger partial charge < -0.3 is 0 Å². The first-order valence-corrected chi connectivity index (χ1v) is 4.39. The number of nitrogens with one attached hydrogen (secondary N) is 2. The summed E-state index contributed by atoms with van der Waals surface area (Å²) in [7, 11) is 0. The highest BCUT2D eigenvalue weighted by atomic mass is 16.2. The van der Waals surface area contributed by atoms with Crippen LogP contribution in [-0.4, -0.2) is 11.8 Å². The standard InChI is InChI=1S/C8H12N2O2/c11-7-5-3-1-2-4-6(5)8(12)10-9-7/h5-6H,1-4H2,(H,9,11)(H,10,12)/t5-,6-/m1/s1. The molecule has 2 amide bonds. The van der Waals surface area contributed by atoms with E-state index in [0.29, 0.717) is 0 Å². The lowest BCUT2D eigenvalue weighted by Crippen LogP contribution is -2.56. The third-order valence-corrected chi connectivity index (χ3v) is 2.75. The first-order chi connectivity index (χ1) is 5.79. The average molecular weight is 168 g/mol. The van der Waals surface area contributed by atoms with E-state index < -0.39 is 0 Å². The van der Waals surface area contributed by atoms with E-state index in [1.165, 1.54) is 0 Å². The molecular weight excluding hydrogens is 156 g/mol. The Hall–Kier alpha value is -1.06. The molecule has 1 heterocycles. The van der Waals surface area contributed by atoms with Gasteiger partial charge in [-0.1, -0.05) is 12.8 Å². The van der Waals surface area contributed by atoms with Crippen LogP contribution in [0.2, 0.25) is 0 Å². The molecule has 2 N–H and O–H groups in total. The zero-order valence-corrected chi connectivity index (χ0v) is 6.80. The van der Waals surface area contributed by atoms with Crippen LogP contribution >= 0.6 is 0 Å². The van der Waals surface area contributed by atoms with Crippen LogP contribution in [-0.2, 0) is 9.59 Å². The smallest absolute Gasteiger partial charge is 0.242 e. The van der Waals surface area contributed by atoms with Gasteiger partial charge in [0.25, 0.3) is 0 Å². The van der Waals surface area contributed by atoms with Gasteiger partial charge in [0.05, 0.1) is 11.8 Å². The summed E-state index contributed by atoms with van der Waals surface area (Å²) in [6.07, 6.45) is 3.87. The fraction of sp³-hybridized carbons (Fsp3) is 0.750. The second-order valence-electron chi connectivity index (χ2n) is 3.48. The van der Waals surface area contributed by atoms with Gasteiger partial charge in [-0.15, -0.1) is 0 Å². The van der Waals surface area contributed by atoms with Crippen molar-refractivity contribution in [3.8, 4) is 0 Å². The van der Waals surface area contributed by atoms with Crippen molar-refractivity contribution in [1.82, 2.24) is 10.9 Å². The number of carbonyl (C=O) groups is 2. The maximum atomic E-state index is 11.2. The van der Waals surface area contributed by atoms with Crippen molar-refractivity contribution >= 4 is 11.8 Å². The summed E-state index contributed by atoms with van der Waals surface area (Å²) in [5, 5.41) is 0. The van der Waals surface area contributed by atoms with E-state index in [-0.39, 0.29) is 23.7 Å². The van der Waals surface area contributed by atoms with Gasteiger partial charge >= 0.3 is 0 Å². The maximum Gasteiger partial charge on any atom is 0.242 e. The molecule has 0 aromatic rings. The van der Waals surface area contributed by atoms with Crippen molar-refractivity contribution < 1.29 is 9.59 Å². The second-order valence-corrected chi connectivity index (χ2v) is 3.48. The van der Waals surface area contributed by atoms with E-state index in [1.807, 2.05) is 0 Å². The van der Waals surface area contributed by atoms with E-state index in [0.717, 1.165) is 25.7 Å². The van der Waals surface area contributed by atoms with E-state index in [2.05, 4.69) is 10.9 Å². The van der Waals surface area contributed by atoms with Crippen LogP contribution in [0.15, 0.2) is 0 Å². The summed E-state index contributed by atoms with van der Waals surface area (Å²) in [6.45, 7) is 0. The van der Waals surface area contributed by atoms with E-state index in [4.69, 9.17) is 0 Å². The van der Waals surface area contributed by atoms with Gasteiger partial charge in [-0.2, -0.15) is 0 Å². The summed E-state index contributed by atoms with van der Waals surface area (Å²) in [5.41, 5.74) is 4.78. The molecule has 2 fully saturated rings. The van der Waals surface area contributed by atoms with Crippen LogP contribution in [0.25, 0.3) is 0 Å². The third kappa shape index (κ3) is 1.07. The van der Waals surface area contributed by atoms with Crippen molar-refractivity contribution in [2.45, 2.75) is 25.7 Å². The minimum Gasteiger partial charge on any atom is -0.273 e. The SMILES string of the molecule is O=C1NNC(=O)[C@@H]2CCCC[C@@H]12. The Morgan fingerprint density at radius 2 is 1.33 bits per heavy atom. The normalized spacial score (nSPS) is 35.0. The lowest BCUT2D eigenvalue weighted by atomic mass is 9.77. The molecular formula is C8H12N2O2. The molecule has 0 spiro atoms. The number of hydrazine groups is 1. The number of fused-ring (bicyclic) bond motifs is 1. The molecule has 1 aliphatic heterocycles. The van der Waals surface area contributed by atoms with E-state index >= 15 is 0 Å². The van der Waals surface area contributed by atoms with Crippen LogP contribution in [0.1, 0.15) is 25.7 Å². The average Bonchev–Trinajstić information content (AvgIpc) is 2.12. The summed E-state index contributed by atoms with van der Waals surface area (Å²) in [4.78, 5) is 22.5. The molecule has 1 saturated heterocycles. The molecule has 0 bridgehead atoms. The Morgan fingerprint density at radius 1 is 0.917 bits per heavy atom. The van der Waals surface area contributed by atoms with Crippen LogP contribution in [0.4, 0.5) is 0 Å². The third-order valence-electron chi connectivity index (χ3n) is 2.75. The zero-order valence-electron chi connectivity index (χ0n) is 6.80. The van der Waals surface area contributed by atoms with Gasteiger partial charge in [-0.25, -0.2) is 0 Å².